The Morgan fingerprint density at radius 1 is 0.917 bits per heavy atom. The minimum atomic E-state index is 0.0623. The highest BCUT2D eigenvalue weighted by Crippen LogP contribution is 2.15. The van der Waals surface area contributed by atoms with E-state index in [1.807, 2.05) is 48.5 Å². The van der Waals surface area contributed by atoms with Crippen LogP contribution in [0.1, 0.15) is 11.1 Å². The highest BCUT2D eigenvalue weighted by Gasteiger charge is 1.98. The van der Waals surface area contributed by atoms with E-state index in [1.54, 1.807) is 26.6 Å². The minimum Gasteiger partial charge on any atom is -0.496 e. The molecule has 0 unspecified atom stereocenters. The fourth-order valence-electron chi connectivity index (χ4n) is 1.89. The maximum atomic E-state index is 5.69. The zero-order valence-electron chi connectivity index (χ0n) is 13.5. The first-order chi connectivity index (χ1) is 11.7. The third-order valence-electron chi connectivity index (χ3n) is 3.02. The molecule has 0 atom stereocenters. The summed E-state index contributed by atoms with van der Waals surface area (Å²) in [5.41, 5.74) is 9.90. The van der Waals surface area contributed by atoms with Crippen molar-refractivity contribution in [3.05, 3.63) is 59.7 Å². The van der Waals surface area contributed by atoms with Gasteiger partial charge in [-0.1, -0.05) is 24.3 Å². The summed E-state index contributed by atoms with van der Waals surface area (Å²) in [6.07, 6.45) is 3.14. The van der Waals surface area contributed by atoms with Crippen molar-refractivity contribution in [3.63, 3.8) is 0 Å². The molecular formula is C17H19N5O2. The molecule has 0 aliphatic carbocycles. The average molecular weight is 325 g/mol. The Hall–Kier alpha value is -3.35. The van der Waals surface area contributed by atoms with E-state index in [9.17, 15) is 0 Å². The molecule has 124 valence electrons. The molecule has 0 radical (unpaired) electrons. The predicted molar refractivity (Wildman–Crippen MR) is 95.9 cm³/mol. The van der Waals surface area contributed by atoms with Crippen molar-refractivity contribution < 1.29 is 9.47 Å². The van der Waals surface area contributed by atoms with E-state index in [1.165, 1.54) is 0 Å². The van der Waals surface area contributed by atoms with Gasteiger partial charge >= 0.3 is 0 Å². The normalized spacial score (nSPS) is 11.8. The van der Waals surface area contributed by atoms with Crippen LogP contribution in [0.3, 0.4) is 0 Å². The number of para-hydroxylation sites is 2. The SMILES string of the molecule is COc1ccccc1C=N/N=C(/N)N/N=C/c1ccccc1OC. The van der Waals surface area contributed by atoms with Crippen molar-refractivity contribution in [2.24, 2.45) is 21.0 Å². The molecule has 7 nitrogen and oxygen atoms in total. The Morgan fingerprint density at radius 3 is 2.04 bits per heavy atom. The maximum absolute atomic E-state index is 5.69. The largest absolute Gasteiger partial charge is 0.496 e. The summed E-state index contributed by atoms with van der Waals surface area (Å²) < 4.78 is 10.4. The fourth-order valence-corrected chi connectivity index (χ4v) is 1.89. The molecule has 24 heavy (non-hydrogen) atoms. The number of methoxy groups -OCH3 is 2. The lowest BCUT2D eigenvalue weighted by atomic mass is 10.2. The highest BCUT2D eigenvalue weighted by atomic mass is 16.5. The van der Waals surface area contributed by atoms with Gasteiger partial charge in [0.1, 0.15) is 11.5 Å². The highest BCUT2D eigenvalue weighted by molar-refractivity contribution is 5.86. The van der Waals surface area contributed by atoms with Gasteiger partial charge < -0.3 is 15.2 Å². The first kappa shape index (κ1) is 17.0. The van der Waals surface area contributed by atoms with Gasteiger partial charge in [-0.05, 0) is 24.3 Å². The lowest BCUT2D eigenvalue weighted by molar-refractivity contribution is 0.414. The number of hydrogen-bond acceptors (Lipinski definition) is 5. The Balaban J connectivity index is 1.97. The van der Waals surface area contributed by atoms with Gasteiger partial charge in [0.2, 0.25) is 5.96 Å². The molecule has 0 fully saturated rings. The van der Waals surface area contributed by atoms with E-state index < -0.39 is 0 Å². The third-order valence-corrected chi connectivity index (χ3v) is 3.02. The molecular weight excluding hydrogens is 306 g/mol. The lowest BCUT2D eigenvalue weighted by Crippen LogP contribution is -2.26. The zero-order valence-corrected chi connectivity index (χ0v) is 13.5. The van der Waals surface area contributed by atoms with E-state index in [0.717, 1.165) is 11.1 Å². The van der Waals surface area contributed by atoms with Gasteiger partial charge in [0.15, 0.2) is 0 Å². The monoisotopic (exact) mass is 325 g/mol. The molecule has 2 aromatic rings. The van der Waals surface area contributed by atoms with Gasteiger partial charge in [0, 0.05) is 11.1 Å². The minimum absolute atomic E-state index is 0.0623. The number of hydrazone groups is 1. The van der Waals surface area contributed by atoms with Crippen LogP contribution in [0.2, 0.25) is 0 Å². The van der Waals surface area contributed by atoms with Crippen LogP contribution in [0, 0.1) is 0 Å². The number of ether oxygens (including phenoxy) is 2. The smallest absolute Gasteiger partial charge is 0.234 e. The average Bonchev–Trinajstić information content (AvgIpc) is 2.62. The number of nitrogens with zero attached hydrogens (tertiary/aromatic N) is 3. The summed E-state index contributed by atoms with van der Waals surface area (Å²) >= 11 is 0. The number of guanidine groups is 1. The van der Waals surface area contributed by atoms with Gasteiger partial charge in [-0.3, -0.25) is 0 Å². The van der Waals surface area contributed by atoms with Crippen molar-refractivity contribution in [3.8, 4) is 11.5 Å². The van der Waals surface area contributed by atoms with Crippen LogP contribution in [0.25, 0.3) is 0 Å². The zero-order chi connectivity index (χ0) is 17.2. The molecule has 7 heteroatoms. The molecule has 0 amide bonds. The molecule has 0 aliphatic heterocycles. The molecule has 0 aromatic heterocycles. The van der Waals surface area contributed by atoms with Crippen molar-refractivity contribution >= 4 is 18.4 Å². The molecule has 2 rings (SSSR count). The second-order valence-electron chi connectivity index (χ2n) is 4.58. The Labute approximate surface area is 140 Å². The van der Waals surface area contributed by atoms with E-state index in [-0.39, 0.29) is 5.96 Å². The number of hydrogen-bond donors (Lipinski definition) is 2. The lowest BCUT2D eigenvalue weighted by Gasteiger charge is -2.03. The first-order valence-electron chi connectivity index (χ1n) is 7.16. The summed E-state index contributed by atoms with van der Waals surface area (Å²) in [6, 6.07) is 14.9. The molecule has 0 aliphatic rings. The van der Waals surface area contributed by atoms with Crippen LogP contribution >= 0.6 is 0 Å². The molecule has 0 spiro atoms. The number of benzene rings is 2. The summed E-state index contributed by atoms with van der Waals surface area (Å²) in [5, 5.41) is 11.7. The first-order valence-corrected chi connectivity index (χ1v) is 7.16. The summed E-state index contributed by atoms with van der Waals surface area (Å²) in [6.45, 7) is 0. The van der Waals surface area contributed by atoms with Crippen LogP contribution in [0.5, 0.6) is 11.5 Å². The molecule has 3 N–H and O–H groups in total. The van der Waals surface area contributed by atoms with Crippen LogP contribution < -0.4 is 20.6 Å². The summed E-state index contributed by atoms with van der Waals surface area (Å²) in [5.74, 6) is 1.48. The van der Waals surface area contributed by atoms with Crippen molar-refractivity contribution in [2.45, 2.75) is 0 Å². The van der Waals surface area contributed by atoms with E-state index in [4.69, 9.17) is 15.2 Å². The van der Waals surface area contributed by atoms with Crippen LogP contribution in [0.4, 0.5) is 0 Å². The third kappa shape index (κ3) is 4.84. The number of nitrogens with one attached hydrogen (secondary N) is 1. The van der Waals surface area contributed by atoms with E-state index in [2.05, 4.69) is 20.7 Å². The van der Waals surface area contributed by atoms with Gasteiger partial charge in [-0.25, -0.2) is 5.43 Å². The summed E-state index contributed by atoms with van der Waals surface area (Å²) in [7, 11) is 3.20. The van der Waals surface area contributed by atoms with Crippen LogP contribution in [-0.4, -0.2) is 32.6 Å². The summed E-state index contributed by atoms with van der Waals surface area (Å²) in [4.78, 5) is 0. The van der Waals surface area contributed by atoms with Crippen molar-refractivity contribution in [1.29, 1.82) is 0 Å². The molecule has 0 saturated carbocycles. The molecule has 0 bridgehead atoms. The fraction of sp³-hybridized carbons (Fsp3) is 0.118. The second kappa shape index (κ2) is 8.94. The maximum Gasteiger partial charge on any atom is 0.234 e. The van der Waals surface area contributed by atoms with Crippen molar-refractivity contribution in [1.82, 2.24) is 5.43 Å². The topological polar surface area (TPSA) is 93.6 Å². The van der Waals surface area contributed by atoms with Gasteiger partial charge in [-0.15, -0.1) is 5.10 Å². The van der Waals surface area contributed by atoms with Gasteiger partial charge in [0.25, 0.3) is 0 Å². The molecule has 0 heterocycles. The van der Waals surface area contributed by atoms with Crippen LogP contribution in [0.15, 0.2) is 63.8 Å². The Bertz CT molecular complexity index is 756. The number of nitrogens with two attached hydrogens (primary N) is 1. The van der Waals surface area contributed by atoms with Crippen LogP contribution in [-0.2, 0) is 0 Å². The quantitative estimate of drug-likeness (QED) is 0.482. The Kier molecular flexibility index (Phi) is 6.34. The predicted octanol–water partition coefficient (Wildman–Crippen LogP) is 1.98. The molecule has 2 aromatic carbocycles. The van der Waals surface area contributed by atoms with Gasteiger partial charge in [-0.2, -0.15) is 10.2 Å². The van der Waals surface area contributed by atoms with Crippen molar-refractivity contribution in [2.75, 3.05) is 14.2 Å². The second-order valence-corrected chi connectivity index (χ2v) is 4.58. The standard InChI is InChI=1S/C17H19N5O2/c1-23-15-9-5-3-7-13(15)11-19-21-17(18)22-20-12-14-8-4-6-10-16(14)24-2/h3-12H,1-2H3,(H3,18,21,22)/b19-11+,20-12?. The Morgan fingerprint density at radius 2 is 1.46 bits per heavy atom. The van der Waals surface area contributed by atoms with E-state index >= 15 is 0 Å². The molecule has 0 saturated heterocycles. The number of rotatable bonds is 6. The van der Waals surface area contributed by atoms with E-state index in [0.29, 0.717) is 11.5 Å². The van der Waals surface area contributed by atoms with Gasteiger partial charge in [0.05, 0.1) is 26.6 Å².